The van der Waals surface area contributed by atoms with Crippen molar-refractivity contribution in [1.82, 2.24) is 9.80 Å². The lowest BCUT2D eigenvalue weighted by Crippen LogP contribution is -2.50. The molecular weight excluding hydrogens is 366 g/mol. The highest BCUT2D eigenvalue weighted by molar-refractivity contribution is 5.43. The number of nitrogens with zero attached hydrogens (tertiary/aromatic N) is 3. The quantitative estimate of drug-likeness (QED) is 0.557. The maximum absolute atomic E-state index is 2.45. The van der Waals surface area contributed by atoms with E-state index in [1.54, 1.807) is 5.57 Å². The summed E-state index contributed by atoms with van der Waals surface area (Å²) in [7, 11) is 13.7. The van der Waals surface area contributed by atoms with Crippen LogP contribution in [0.1, 0.15) is 58.3 Å². The summed E-state index contributed by atoms with van der Waals surface area (Å²) in [6, 6.07) is 2.07. The van der Waals surface area contributed by atoms with E-state index in [2.05, 4.69) is 83.3 Å². The SMILES string of the molecule is CC[N+](C)(C)C1CCC(C(=C2C=CC(N(C)C)C=C2)C2CCC(N(C)C)CC2)CC1. The third-order valence-corrected chi connectivity index (χ3v) is 8.68. The van der Waals surface area contributed by atoms with Crippen molar-refractivity contribution >= 4 is 0 Å². The lowest BCUT2D eigenvalue weighted by molar-refractivity contribution is -0.914. The molecule has 0 radical (unpaired) electrons. The second-order valence-corrected chi connectivity index (χ2v) is 11.2. The van der Waals surface area contributed by atoms with Crippen LogP contribution in [0.15, 0.2) is 35.5 Å². The molecule has 170 valence electrons. The van der Waals surface area contributed by atoms with Crippen LogP contribution in [0, 0.1) is 11.8 Å². The topological polar surface area (TPSA) is 6.48 Å². The molecule has 0 bridgehead atoms. The van der Waals surface area contributed by atoms with Crippen molar-refractivity contribution in [2.45, 2.75) is 76.4 Å². The summed E-state index contributed by atoms with van der Waals surface area (Å²) in [5.41, 5.74) is 3.37. The van der Waals surface area contributed by atoms with Gasteiger partial charge in [-0.3, -0.25) is 4.90 Å². The zero-order valence-corrected chi connectivity index (χ0v) is 20.9. The number of allylic oxidation sites excluding steroid dienone is 4. The van der Waals surface area contributed by atoms with E-state index in [1.165, 1.54) is 62.4 Å². The molecular formula is C27H48N3+. The minimum Gasteiger partial charge on any atom is -0.326 e. The van der Waals surface area contributed by atoms with E-state index in [0.29, 0.717) is 6.04 Å². The van der Waals surface area contributed by atoms with Gasteiger partial charge < -0.3 is 9.38 Å². The minimum atomic E-state index is 0.442. The Hall–Kier alpha value is -0.900. The van der Waals surface area contributed by atoms with E-state index in [4.69, 9.17) is 0 Å². The Balaban J connectivity index is 1.79. The molecule has 0 aromatic heterocycles. The molecule has 3 nitrogen and oxygen atoms in total. The second kappa shape index (κ2) is 10.1. The van der Waals surface area contributed by atoms with Crippen molar-refractivity contribution in [3.05, 3.63) is 35.5 Å². The lowest BCUT2D eigenvalue weighted by atomic mass is 9.69. The van der Waals surface area contributed by atoms with Crippen LogP contribution in [0.5, 0.6) is 0 Å². The van der Waals surface area contributed by atoms with Gasteiger partial charge in [0.25, 0.3) is 0 Å². The van der Waals surface area contributed by atoms with Crippen LogP contribution in [0.3, 0.4) is 0 Å². The number of quaternary nitrogens is 1. The van der Waals surface area contributed by atoms with Gasteiger partial charge in [0.05, 0.1) is 26.7 Å². The van der Waals surface area contributed by atoms with E-state index in [0.717, 1.165) is 23.9 Å². The fourth-order valence-electron chi connectivity index (χ4n) is 6.11. The number of hydrogen-bond donors (Lipinski definition) is 0. The summed E-state index contributed by atoms with van der Waals surface area (Å²) >= 11 is 0. The van der Waals surface area contributed by atoms with E-state index in [1.807, 2.05) is 5.57 Å². The van der Waals surface area contributed by atoms with Crippen molar-refractivity contribution in [2.24, 2.45) is 11.8 Å². The Bertz CT molecular complexity index is 623. The van der Waals surface area contributed by atoms with Gasteiger partial charge in [0, 0.05) is 12.1 Å². The van der Waals surface area contributed by atoms with Gasteiger partial charge in [-0.05, 0) is 104 Å². The van der Waals surface area contributed by atoms with Crippen LogP contribution in [-0.2, 0) is 0 Å². The summed E-state index contributed by atoms with van der Waals surface area (Å²) < 4.78 is 1.19. The molecule has 3 aliphatic carbocycles. The van der Waals surface area contributed by atoms with Gasteiger partial charge in [0.15, 0.2) is 0 Å². The molecule has 0 saturated heterocycles. The highest BCUT2D eigenvalue weighted by Gasteiger charge is 2.36. The van der Waals surface area contributed by atoms with Crippen LogP contribution >= 0.6 is 0 Å². The molecule has 2 fully saturated rings. The zero-order valence-electron chi connectivity index (χ0n) is 20.9. The van der Waals surface area contributed by atoms with Crippen molar-refractivity contribution in [1.29, 1.82) is 0 Å². The summed E-state index contributed by atoms with van der Waals surface area (Å²) in [4.78, 5) is 4.74. The molecule has 0 aromatic rings. The van der Waals surface area contributed by atoms with Crippen molar-refractivity contribution in [3.8, 4) is 0 Å². The van der Waals surface area contributed by atoms with Crippen molar-refractivity contribution in [2.75, 3.05) is 48.8 Å². The number of rotatable bonds is 6. The third-order valence-electron chi connectivity index (χ3n) is 8.68. The first kappa shape index (κ1) is 23.8. The smallest absolute Gasteiger partial charge is 0.0886 e. The average Bonchev–Trinajstić information content (AvgIpc) is 2.75. The van der Waals surface area contributed by atoms with E-state index < -0.39 is 0 Å². The average molecular weight is 415 g/mol. The van der Waals surface area contributed by atoms with Crippen LogP contribution in [0.4, 0.5) is 0 Å². The van der Waals surface area contributed by atoms with Gasteiger partial charge in [-0.2, -0.15) is 0 Å². The molecule has 0 spiro atoms. The maximum atomic E-state index is 2.45. The van der Waals surface area contributed by atoms with Gasteiger partial charge in [-0.1, -0.05) is 29.9 Å². The molecule has 2 saturated carbocycles. The summed E-state index contributed by atoms with van der Waals surface area (Å²) in [6.45, 7) is 3.59. The third kappa shape index (κ3) is 5.47. The van der Waals surface area contributed by atoms with Crippen LogP contribution in [-0.4, -0.2) is 81.2 Å². The Morgan fingerprint density at radius 2 is 1.30 bits per heavy atom. The Morgan fingerprint density at radius 3 is 1.73 bits per heavy atom. The lowest BCUT2D eigenvalue weighted by Gasteiger charge is -2.43. The molecule has 0 unspecified atom stereocenters. The Kier molecular flexibility index (Phi) is 8.03. The molecule has 0 heterocycles. The molecule has 3 heteroatoms. The summed E-state index contributed by atoms with van der Waals surface area (Å²) in [5.74, 6) is 1.58. The van der Waals surface area contributed by atoms with Crippen molar-refractivity contribution < 1.29 is 4.48 Å². The van der Waals surface area contributed by atoms with E-state index in [9.17, 15) is 0 Å². The zero-order chi connectivity index (χ0) is 21.9. The standard InChI is InChI=1S/C27H48N3/c1-8-30(6,7)26-19-13-23(14-20-26)27(21-9-15-24(16-10-21)28(2)3)22-11-17-25(18-12-22)29(4)5/h9-10,15-16,22-26H,8,11-14,17-20H2,1-7H3/q+1. The first-order chi connectivity index (χ1) is 14.2. The largest absolute Gasteiger partial charge is 0.326 e. The normalized spacial score (nSPS) is 32.8. The monoisotopic (exact) mass is 414 g/mol. The van der Waals surface area contributed by atoms with Gasteiger partial charge in [-0.25, -0.2) is 0 Å². The highest BCUT2D eigenvalue weighted by atomic mass is 15.3. The second-order valence-electron chi connectivity index (χ2n) is 11.2. The predicted molar refractivity (Wildman–Crippen MR) is 131 cm³/mol. The highest BCUT2D eigenvalue weighted by Crippen LogP contribution is 2.43. The molecule has 0 aliphatic heterocycles. The Morgan fingerprint density at radius 1 is 0.800 bits per heavy atom. The summed E-state index contributed by atoms with van der Waals surface area (Å²) in [5, 5.41) is 0. The van der Waals surface area contributed by atoms with Gasteiger partial charge >= 0.3 is 0 Å². The van der Waals surface area contributed by atoms with E-state index >= 15 is 0 Å². The molecule has 0 aromatic carbocycles. The van der Waals surface area contributed by atoms with Crippen LogP contribution < -0.4 is 0 Å². The van der Waals surface area contributed by atoms with Gasteiger partial charge in [0.2, 0.25) is 0 Å². The molecule has 0 atom stereocenters. The molecule has 3 rings (SSSR count). The maximum Gasteiger partial charge on any atom is 0.0886 e. The first-order valence-corrected chi connectivity index (χ1v) is 12.5. The minimum absolute atomic E-state index is 0.442. The molecule has 3 aliphatic rings. The van der Waals surface area contributed by atoms with Gasteiger partial charge in [-0.15, -0.1) is 0 Å². The van der Waals surface area contributed by atoms with E-state index in [-0.39, 0.29) is 0 Å². The van der Waals surface area contributed by atoms with Gasteiger partial charge in [0.1, 0.15) is 0 Å². The predicted octanol–water partition coefficient (Wildman–Crippen LogP) is 5.11. The van der Waals surface area contributed by atoms with Crippen molar-refractivity contribution in [3.63, 3.8) is 0 Å². The fraction of sp³-hybridized carbons (Fsp3) is 0.778. The Labute approximate surface area is 187 Å². The summed E-state index contributed by atoms with van der Waals surface area (Å²) in [6.07, 6.45) is 20.7. The molecule has 0 N–H and O–H groups in total. The fourth-order valence-corrected chi connectivity index (χ4v) is 6.11. The number of likely N-dealkylation sites (N-methyl/N-ethyl adjacent to an activating group) is 1. The number of hydrogen-bond acceptors (Lipinski definition) is 2. The molecule has 0 amide bonds. The first-order valence-electron chi connectivity index (χ1n) is 12.5. The van der Waals surface area contributed by atoms with Crippen LogP contribution in [0.25, 0.3) is 0 Å². The van der Waals surface area contributed by atoms with Crippen LogP contribution in [0.2, 0.25) is 0 Å². The molecule has 30 heavy (non-hydrogen) atoms.